The van der Waals surface area contributed by atoms with Crippen molar-refractivity contribution < 1.29 is 14.2 Å². The molecule has 0 atom stereocenters. The van der Waals surface area contributed by atoms with Gasteiger partial charge in [-0.05, 0) is 37.3 Å². The van der Waals surface area contributed by atoms with E-state index in [0.717, 1.165) is 48.4 Å². The van der Waals surface area contributed by atoms with E-state index >= 15 is 0 Å². The molecule has 25 heavy (non-hydrogen) atoms. The van der Waals surface area contributed by atoms with Crippen molar-refractivity contribution in [3.05, 3.63) is 45.7 Å². The molecule has 0 fully saturated rings. The third-order valence-electron chi connectivity index (χ3n) is 3.85. The molecule has 0 aliphatic carbocycles. The standard InChI is InChI=1S/C19H18BrNO3S/c1-11-18(14-7-6-13(22-2)10-17(14)24-4)21-19(25-11)15-9-12(20)5-8-16(15)23-3/h5-10H,1-4H3. The number of hydrogen-bond donors (Lipinski definition) is 0. The zero-order valence-electron chi connectivity index (χ0n) is 14.4. The van der Waals surface area contributed by atoms with Crippen LogP contribution in [0.25, 0.3) is 21.8 Å². The number of nitrogens with zero attached hydrogens (tertiary/aromatic N) is 1. The van der Waals surface area contributed by atoms with Crippen molar-refractivity contribution in [2.75, 3.05) is 21.3 Å². The lowest BCUT2D eigenvalue weighted by Gasteiger charge is -2.09. The first-order valence-electron chi connectivity index (χ1n) is 7.61. The van der Waals surface area contributed by atoms with E-state index in [1.807, 2.05) is 36.4 Å². The van der Waals surface area contributed by atoms with Crippen LogP contribution < -0.4 is 14.2 Å². The number of methoxy groups -OCH3 is 3. The summed E-state index contributed by atoms with van der Waals surface area (Å²) in [6, 6.07) is 11.7. The van der Waals surface area contributed by atoms with Crippen molar-refractivity contribution in [3.63, 3.8) is 0 Å². The summed E-state index contributed by atoms with van der Waals surface area (Å²) in [4.78, 5) is 5.97. The van der Waals surface area contributed by atoms with Crippen molar-refractivity contribution in [2.45, 2.75) is 6.92 Å². The number of thiazole rings is 1. The first kappa shape index (κ1) is 17.8. The highest BCUT2D eigenvalue weighted by Crippen LogP contribution is 2.41. The summed E-state index contributed by atoms with van der Waals surface area (Å²) < 4.78 is 17.3. The van der Waals surface area contributed by atoms with E-state index < -0.39 is 0 Å². The third-order valence-corrected chi connectivity index (χ3v) is 5.35. The summed E-state index contributed by atoms with van der Waals surface area (Å²) in [7, 11) is 4.96. The fourth-order valence-electron chi connectivity index (χ4n) is 2.60. The van der Waals surface area contributed by atoms with Gasteiger partial charge in [0.1, 0.15) is 22.3 Å². The molecule has 0 aliphatic rings. The Morgan fingerprint density at radius 3 is 2.32 bits per heavy atom. The van der Waals surface area contributed by atoms with E-state index in [2.05, 4.69) is 22.9 Å². The molecule has 0 aliphatic heterocycles. The first-order valence-corrected chi connectivity index (χ1v) is 9.22. The molecule has 0 saturated heterocycles. The minimum absolute atomic E-state index is 0.737. The Kier molecular flexibility index (Phi) is 5.30. The van der Waals surface area contributed by atoms with Crippen molar-refractivity contribution in [1.82, 2.24) is 4.98 Å². The van der Waals surface area contributed by atoms with Gasteiger partial charge in [-0.2, -0.15) is 0 Å². The Morgan fingerprint density at radius 2 is 1.64 bits per heavy atom. The molecule has 0 bridgehead atoms. The lowest BCUT2D eigenvalue weighted by atomic mass is 10.1. The number of halogens is 1. The molecule has 0 saturated carbocycles. The van der Waals surface area contributed by atoms with Gasteiger partial charge in [-0.3, -0.25) is 0 Å². The highest BCUT2D eigenvalue weighted by Gasteiger charge is 2.18. The minimum atomic E-state index is 0.737. The van der Waals surface area contributed by atoms with Crippen molar-refractivity contribution in [3.8, 4) is 39.1 Å². The SMILES string of the molecule is COc1ccc(-c2nc(-c3cc(Br)ccc3OC)sc2C)c(OC)c1. The molecular formula is C19H18BrNO3S. The highest BCUT2D eigenvalue weighted by molar-refractivity contribution is 9.10. The van der Waals surface area contributed by atoms with Gasteiger partial charge in [-0.15, -0.1) is 11.3 Å². The van der Waals surface area contributed by atoms with E-state index in [1.165, 1.54) is 0 Å². The quantitative estimate of drug-likeness (QED) is 0.541. The van der Waals surface area contributed by atoms with Crippen molar-refractivity contribution in [2.24, 2.45) is 0 Å². The summed E-state index contributed by atoms with van der Waals surface area (Å²) in [6.45, 7) is 2.06. The molecule has 1 aromatic heterocycles. The van der Waals surface area contributed by atoms with Gasteiger partial charge in [0, 0.05) is 21.0 Å². The maximum Gasteiger partial charge on any atom is 0.131 e. The van der Waals surface area contributed by atoms with Crippen LogP contribution in [0.15, 0.2) is 40.9 Å². The molecule has 0 unspecified atom stereocenters. The highest BCUT2D eigenvalue weighted by atomic mass is 79.9. The number of ether oxygens (including phenoxy) is 3. The normalized spacial score (nSPS) is 10.6. The van der Waals surface area contributed by atoms with Crippen LogP contribution in [-0.4, -0.2) is 26.3 Å². The number of aryl methyl sites for hydroxylation is 1. The monoisotopic (exact) mass is 419 g/mol. The number of aromatic nitrogens is 1. The zero-order valence-corrected chi connectivity index (χ0v) is 16.8. The molecule has 0 amide bonds. The Balaban J connectivity index is 2.12. The predicted octanol–water partition coefficient (Wildman–Crippen LogP) is 5.57. The van der Waals surface area contributed by atoms with Crippen LogP contribution in [-0.2, 0) is 0 Å². The molecule has 0 spiro atoms. The molecule has 3 rings (SSSR count). The van der Waals surface area contributed by atoms with E-state index in [1.54, 1.807) is 32.7 Å². The van der Waals surface area contributed by atoms with Gasteiger partial charge in [0.15, 0.2) is 0 Å². The summed E-state index contributed by atoms with van der Waals surface area (Å²) in [5.41, 5.74) is 2.81. The van der Waals surface area contributed by atoms with E-state index in [4.69, 9.17) is 19.2 Å². The number of hydrogen-bond acceptors (Lipinski definition) is 5. The predicted molar refractivity (Wildman–Crippen MR) is 105 cm³/mol. The van der Waals surface area contributed by atoms with E-state index in [-0.39, 0.29) is 0 Å². The summed E-state index contributed by atoms with van der Waals surface area (Å²) in [6.07, 6.45) is 0. The van der Waals surface area contributed by atoms with Gasteiger partial charge in [-0.25, -0.2) is 4.98 Å². The maximum atomic E-state index is 5.53. The Labute approximate surface area is 159 Å². The van der Waals surface area contributed by atoms with Crippen LogP contribution in [0.5, 0.6) is 17.2 Å². The summed E-state index contributed by atoms with van der Waals surface area (Å²) >= 11 is 5.15. The topological polar surface area (TPSA) is 40.6 Å². The van der Waals surface area contributed by atoms with Crippen LogP contribution in [0.1, 0.15) is 4.88 Å². The number of benzene rings is 2. The Bertz CT molecular complexity index is 908. The molecule has 0 radical (unpaired) electrons. The van der Waals surface area contributed by atoms with Crippen LogP contribution in [0.4, 0.5) is 0 Å². The third kappa shape index (κ3) is 3.50. The molecular weight excluding hydrogens is 402 g/mol. The van der Waals surface area contributed by atoms with E-state index in [9.17, 15) is 0 Å². The second-order valence-electron chi connectivity index (χ2n) is 5.33. The van der Waals surface area contributed by atoms with Crippen LogP contribution >= 0.6 is 27.3 Å². The Hall–Kier alpha value is -2.05. The first-order chi connectivity index (χ1) is 12.1. The lowest BCUT2D eigenvalue weighted by Crippen LogP contribution is -1.92. The van der Waals surface area contributed by atoms with Gasteiger partial charge in [0.25, 0.3) is 0 Å². The summed E-state index contributed by atoms with van der Waals surface area (Å²) in [5, 5.41) is 0.906. The zero-order chi connectivity index (χ0) is 18.0. The van der Waals surface area contributed by atoms with E-state index in [0.29, 0.717) is 0 Å². The smallest absolute Gasteiger partial charge is 0.131 e. The second kappa shape index (κ2) is 7.45. The largest absolute Gasteiger partial charge is 0.497 e. The van der Waals surface area contributed by atoms with Gasteiger partial charge in [0.2, 0.25) is 0 Å². The lowest BCUT2D eigenvalue weighted by molar-refractivity contribution is 0.395. The molecule has 0 N–H and O–H groups in total. The summed E-state index contributed by atoms with van der Waals surface area (Å²) in [5.74, 6) is 2.29. The van der Waals surface area contributed by atoms with Crippen molar-refractivity contribution in [1.29, 1.82) is 0 Å². The molecule has 3 aromatic rings. The minimum Gasteiger partial charge on any atom is -0.497 e. The second-order valence-corrected chi connectivity index (χ2v) is 7.45. The van der Waals surface area contributed by atoms with Crippen molar-refractivity contribution >= 4 is 27.3 Å². The average Bonchev–Trinajstić information content (AvgIpc) is 3.02. The Morgan fingerprint density at radius 1 is 0.880 bits per heavy atom. The van der Waals surface area contributed by atoms with Crippen LogP contribution in [0, 0.1) is 6.92 Å². The van der Waals surface area contributed by atoms with Gasteiger partial charge in [-0.1, -0.05) is 15.9 Å². The van der Waals surface area contributed by atoms with Gasteiger partial charge in [0.05, 0.1) is 32.6 Å². The van der Waals surface area contributed by atoms with Gasteiger partial charge >= 0.3 is 0 Å². The average molecular weight is 420 g/mol. The maximum absolute atomic E-state index is 5.53. The fourth-order valence-corrected chi connectivity index (χ4v) is 3.91. The molecule has 6 heteroatoms. The van der Waals surface area contributed by atoms with Crippen LogP contribution in [0.3, 0.4) is 0 Å². The fraction of sp³-hybridized carbons (Fsp3) is 0.211. The molecule has 130 valence electrons. The molecule has 1 heterocycles. The number of rotatable bonds is 5. The van der Waals surface area contributed by atoms with Gasteiger partial charge < -0.3 is 14.2 Å². The molecule has 4 nitrogen and oxygen atoms in total. The van der Waals surface area contributed by atoms with Crippen LogP contribution in [0.2, 0.25) is 0 Å². The molecule has 2 aromatic carbocycles.